The van der Waals surface area contributed by atoms with E-state index in [1.54, 1.807) is 23.2 Å². The number of furan rings is 1. The molecule has 100 valence electrons. The maximum atomic E-state index is 12.4. The number of carbonyl (C=O) groups excluding carboxylic acids is 1. The Bertz CT molecular complexity index is 552. The summed E-state index contributed by atoms with van der Waals surface area (Å²) in [7, 11) is 0. The summed E-state index contributed by atoms with van der Waals surface area (Å²) in [6, 6.07) is 9.12. The van der Waals surface area contributed by atoms with E-state index in [4.69, 9.17) is 4.42 Å². The first-order valence-corrected chi connectivity index (χ1v) is 6.83. The van der Waals surface area contributed by atoms with E-state index in [-0.39, 0.29) is 11.9 Å². The molecule has 0 aliphatic carbocycles. The average Bonchev–Trinajstić information content (AvgIpc) is 2.83. The number of amides is 1. The third-order valence-corrected chi connectivity index (χ3v) is 3.15. The first-order valence-electron chi connectivity index (χ1n) is 6.04. The monoisotopic (exact) mass is 322 g/mol. The summed E-state index contributed by atoms with van der Waals surface area (Å²) in [5.74, 6) is 0.197. The fourth-order valence-corrected chi connectivity index (χ4v) is 2.03. The number of halogens is 1. The van der Waals surface area contributed by atoms with Gasteiger partial charge in [0.2, 0.25) is 0 Å². The van der Waals surface area contributed by atoms with Gasteiger partial charge >= 0.3 is 0 Å². The van der Waals surface area contributed by atoms with Crippen LogP contribution in [0.2, 0.25) is 0 Å². The Balaban J connectivity index is 2.19. The van der Waals surface area contributed by atoms with Gasteiger partial charge in [-0.05, 0) is 54.0 Å². The van der Waals surface area contributed by atoms with Crippen LogP contribution in [0.15, 0.2) is 45.6 Å². The van der Waals surface area contributed by atoms with Crippen molar-refractivity contribution in [2.45, 2.75) is 26.4 Å². The number of hydrogen-bond acceptors (Lipinski definition) is 3. The third-order valence-electron chi connectivity index (χ3n) is 2.73. The van der Waals surface area contributed by atoms with Crippen molar-refractivity contribution in [2.24, 2.45) is 0 Å². The topological polar surface area (TPSA) is 46.3 Å². The van der Waals surface area contributed by atoms with Crippen LogP contribution in [0.4, 0.5) is 0 Å². The molecule has 2 rings (SSSR count). The predicted molar refractivity (Wildman–Crippen MR) is 75.7 cm³/mol. The highest BCUT2D eigenvalue weighted by Crippen LogP contribution is 2.18. The number of carbonyl (C=O) groups is 1. The third kappa shape index (κ3) is 3.44. The molecule has 2 aromatic heterocycles. The number of pyridine rings is 1. The van der Waals surface area contributed by atoms with Gasteiger partial charge in [-0.25, -0.2) is 0 Å². The summed E-state index contributed by atoms with van der Waals surface area (Å²) >= 11 is 3.20. The van der Waals surface area contributed by atoms with Gasteiger partial charge in [0.05, 0.1) is 12.2 Å². The quantitative estimate of drug-likeness (QED) is 0.865. The molecule has 5 heteroatoms. The van der Waals surface area contributed by atoms with E-state index in [0.29, 0.717) is 17.0 Å². The molecular weight excluding hydrogens is 308 g/mol. The summed E-state index contributed by atoms with van der Waals surface area (Å²) in [4.78, 5) is 18.4. The van der Waals surface area contributed by atoms with Crippen LogP contribution in [-0.2, 0) is 6.54 Å². The molecule has 0 aromatic carbocycles. The molecule has 19 heavy (non-hydrogen) atoms. The zero-order chi connectivity index (χ0) is 13.8. The first-order chi connectivity index (χ1) is 9.08. The van der Waals surface area contributed by atoms with E-state index < -0.39 is 0 Å². The van der Waals surface area contributed by atoms with Crippen molar-refractivity contribution >= 4 is 21.8 Å². The predicted octanol–water partition coefficient (Wildman–Crippen LogP) is 3.49. The van der Waals surface area contributed by atoms with Crippen molar-refractivity contribution in [2.75, 3.05) is 0 Å². The van der Waals surface area contributed by atoms with Crippen molar-refractivity contribution in [1.82, 2.24) is 9.88 Å². The first kappa shape index (κ1) is 13.8. The van der Waals surface area contributed by atoms with Gasteiger partial charge < -0.3 is 9.32 Å². The minimum atomic E-state index is -0.133. The molecule has 2 heterocycles. The molecule has 0 fully saturated rings. The van der Waals surface area contributed by atoms with Gasteiger partial charge in [-0.15, -0.1) is 0 Å². The summed E-state index contributed by atoms with van der Waals surface area (Å²) in [5.41, 5.74) is 0.857. The zero-order valence-corrected chi connectivity index (χ0v) is 12.4. The van der Waals surface area contributed by atoms with Crippen LogP contribution >= 0.6 is 15.9 Å². The Labute approximate surface area is 120 Å². The lowest BCUT2D eigenvalue weighted by atomic mass is 10.2. The van der Waals surface area contributed by atoms with Gasteiger partial charge in [0.15, 0.2) is 10.4 Å². The maximum absolute atomic E-state index is 12.4. The SMILES string of the molecule is CC(C)N(Cc1ccccn1)C(=O)c1ccc(Br)o1. The fraction of sp³-hybridized carbons (Fsp3) is 0.286. The van der Waals surface area contributed by atoms with Crippen molar-refractivity contribution in [3.05, 3.63) is 52.7 Å². The molecule has 0 saturated carbocycles. The largest absolute Gasteiger partial charge is 0.444 e. The Morgan fingerprint density at radius 1 is 1.37 bits per heavy atom. The lowest BCUT2D eigenvalue weighted by molar-refractivity contribution is 0.0653. The van der Waals surface area contributed by atoms with Crippen LogP contribution in [-0.4, -0.2) is 21.8 Å². The summed E-state index contributed by atoms with van der Waals surface area (Å²) < 4.78 is 5.87. The van der Waals surface area contributed by atoms with Crippen LogP contribution in [0.5, 0.6) is 0 Å². The summed E-state index contributed by atoms with van der Waals surface area (Å²) in [6.45, 7) is 4.41. The molecule has 1 amide bonds. The summed E-state index contributed by atoms with van der Waals surface area (Å²) in [6.07, 6.45) is 1.72. The van der Waals surface area contributed by atoms with Crippen LogP contribution in [0.3, 0.4) is 0 Å². The van der Waals surface area contributed by atoms with Crippen molar-refractivity contribution in [1.29, 1.82) is 0 Å². The molecule has 0 spiro atoms. The lowest BCUT2D eigenvalue weighted by Crippen LogP contribution is -2.36. The van der Waals surface area contributed by atoms with Gasteiger partial charge in [-0.3, -0.25) is 9.78 Å². The molecule has 0 N–H and O–H groups in total. The molecule has 2 aromatic rings. The summed E-state index contributed by atoms with van der Waals surface area (Å²) in [5, 5.41) is 0. The van der Waals surface area contributed by atoms with Crippen LogP contribution in [0, 0.1) is 0 Å². The maximum Gasteiger partial charge on any atom is 0.290 e. The standard InChI is InChI=1S/C14H15BrN2O2/c1-10(2)17(9-11-5-3-4-8-16-11)14(18)12-6-7-13(15)19-12/h3-8,10H,9H2,1-2H3. The van der Waals surface area contributed by atoms with Gasteiger partial charge in [-0.2, -0.15) is 0 Å². The Morgan fingerprint density at radius 2 is 2.16 bits per heavy atom. The van der Waals surface area contributed by atoms with Crippen LogP contribution in [0.25, 0.3) is 0 Å². The molecular formula is C14H15BrN2O2. The second-order valence-corrected chi connectivity index (χ2v) is 5.23. The molecule has 0 atom stereocenters. The number of hydrogen-bond donors (Lipinski definition) is 0. The second kappa shape index (κ2) is 6.02. The normalized spacial score (nSPS) is 10.7. The van der Waals surface area contributed by atoms with E-state index in [1.807, 2.05) is 32.0 Å². The van der Waals surface area contributed by atoms with Crippen molar-refractivity contribution in [3.8, 4) is 0 Å². The van der Waals surface area contributed by atoms with Gasteiger partial charge in [0, 0.05) is 12.2 Å². The molecule has 4 nitrogen and oxygen atoms in total. The lowest BCUT2D eigenvalue weighted by Gasteiger charge is -2.25. The van der Waals surface area contributed by atoms with E-state index in [0.717, 1.165) is 5.69 Å². The van der Waals surface area contributed by atoms with Gasteiger partial charge in [-0.1, -0.05) is 6.07 Å². The molecule has 0 radical (unpaired) electrons. The Morgan fingerprint density at radius 3 is 2.68 bits per heavy atom. The smallest absolute Gasteiger partial charge is 0.290 e. The molecule has 0 aliphatic heterocycles. The van der Waals surface area contributed by atoms with E-state index in [2.05, 4.69) is 20.9 Å². The Kier molecular flexibility index (Phi) is 4.37. The molecule has 0 aliphatic rings. The highest BCUT2D eigenvalue weighted by Gasteiger charge is 2.22. The minimum absolute atomic E-state index is 0.0679. The molecule has 0 saturated heterocycles. The highest BCUT2D eigenvalue weighted by molar-refractivity contribution is 9.10. The van der Waals surface area contributed by atoms with Crippen molar-refractivity contribution in [3.63, 3.8) is 0 Å². The number of nitrogens with zero attached hydrogens (tertiary/aromatic N) is 2. The van der Waals surface area contributed by atoms with Crippen LogP contribution in [0.1, 0.15) is 30.1 Å². The van der Waals surface area contributed by atoms with E-state index in [9.17, 15) is 4.79 Å². The second-order valence-electron chi connectivity index (χ2n) is 4.45. The molecule has 0 unspecified atom stereocenters. The van der Waals surface area contributed by atoms with Gasteiger partial charge in [0.1, 0.15) is 0 Å². The molecule has 0 bridgehead atoms. The highest BCUT2D eigenvalue weighted by atomic mass is 79.9. The van der Waals surface area contributed by atoms with Crippen LogP contribution < -0.4 is 0 Å². The van der Waals surface area contributed by atoms with E-state index in [1.165, 1.54) is 0 Å². The number of aromatic nitrogens is 1. The van der Waals surface area contributed by atoms with E-state index >= 15 is 0 Å². The zero-order valence-electron chi connectivity index (χ0n) is 10.8. The average molecular weight is 323 g/mol. The minimum Gasteiger partial charge on any atom is -0.444 e. The number of rotatable bonds is 4. The fourth-order valence-electron chi connectivity index (χ4n) is 1.73. The van der Waals surface area contributed by atoms with Crippen molar-refractivity contribution < 1.29 is 9.21 Å². The van der Waals surface area contributed by atoms with Gasteiger partial charge in [0.25, 0.3) is 5.91 Å². The Hall–Kier alpha value is -1.62.